The van der Waals surface area contributed by atoms with Crippen molar-refractivity contribution in [2.45, 2.75) is 19.2 Å². The maximum absolute atomic E-state index is 13.3. The molecule has 0 aromatic heterocycles. The summed E-state index contributed by atoms with van der Waals surface area (Å²) in [5.74, 6) is -0.176. The van der Waals surface area contributed by atoms with E-state index in [0.29, 0.717) is 8.58 Å². The Bertz CT molecular complexity index is 460. The second-order valence-electron chi connectivity index (χ2n) is 5.99. The average Bonchev–Trinajstić information content (AvgIpc) is 2.22. The zero-order chi connectivity index (χ0) is 14.8. The second-order valence-corrected chi connectivity index (χ2v) is 13.0. The van der Waals surface area contributed by atoms with Crippen LogP contribution in [0.2, 0.25) is 0 Å². The van der Waals surface area contributed by atoms with Crippen molar-refractivity contribution >= 4 is 27.4 Å². The Morgan fingerprint density at radius 1 is 1.26 bits per heavy atom. The summed E-state index contributed by atoms with van der Waals surface area (Å²) in [5, 5.41) is 3.11. The molecule has 1 aromatic carbocycles. The molecule has 0 saturated heterocycles. The molecule has 1 rings (SSSR count). The van der Waals surface area contributed by atoms with E-state index in [1.165, 1.54) is 12.1 Å². The predicted molar refractivity (Wildman–Crippen MR) is 88.6 cm³/mol. The molecule has 0 aliphatic carbocycles. The maximum atomic E-state index is 13.3. The summed E-state index contributed by atoms with van der Waals surface area (Å²) in [5.41, 5.74) is 2.31. The summed E-state index contributed by atoms with van der Waals surface area (Å²) >= 11 is 0. The van der Waals surface area contributed by atoms with Crippen molar-refractivity contribution in [3.63, 3.8) is 0 Å². The molecule has 108 valence electrons. The van der Waals surface area contributed by atoms with Crippen molar-refractivity contribution in [3.05, 3.63) is 29.1 Å². The van der Waals surface area contributed by atoms with Gasteiger partial charge in [-0.2, -0.15) is 0 Å². The fourth-order valence-electron chi connectivity index (χ4n) is 2.26. The molecule has 0 heterocycles. The molecule has 2 unspecified atom stereocenters. The standard InChI is InChI=1S/C14H24FNOP2/c1-9-7-11(15)8-10(2)12(9)16-13(17)14(18-3)19(4,5)6/h7-8,14,18-19H,1-6H3,(H,16,17). The number of carbonyl (C=O) groups is 1. The first-order valence-corrected chi connectivity index (χ1v) is 11.6. The first-order valence-electron chi connectivity index (χ1n) is 6.41. The molecular weight excluding hydrogens is 279 g/mol. The van der Waals surface area contributed by atoms with Gasteiger partial charge in [0.2, 0.25) is 0 Å². The molecule has 19 heavy (non-hydrogen) atoms. The van der Waals surface area contributed by atoms with E-state index >= 15 is 0 Å². The third kappa shape index (κ3) is 4.23. The van der Waals surface area contributed by atoms with E-state index in [1.807, 2.05) is 13.8 Å². The van der Waals surface area contributed by atoms with E-state index in [4.69, 9.17) is 0 Å². The van der Waals surface area contributed by atoms with E-state index in [0.717, 1.165) is 16.8 Å². The van der Waals surface area contributed by atoms with Crippen LogP contribution >= 0.6 is 15.8 Å². The molecule has 2 nitrogen and oxygen atoms in total. The number of aryl methyl sites for hydroxylation is 2. The quantitative estimate of drug-likeness (QED) is 0.845. The van der Waals surface area contributed by atoms with Crippen LogP contribution in [0.25, 0.3) is 0 Å². The van der Waals surface area contributed by atoms with Crippen molar-refractivity contribution in [2.75, 3.05) is 32.0 Å². The molecule has 1 aromatic rings. The molecule has 5 heteroatoms. The first kappa shape index (κ1) is 16.5. The van der Waals surface area contributed by atoms with Crippen LogP contribution < -0.4 is 5.32 Å². The minimum absolute atomic E-state index is 0.0813. The van der Waals surface area contributed by atoms with Gasteiger partial charge in [0.25, 0.3) is 0 Å². The van der Waals surface area contributed by atoms with Crippen molar-refractivity contribution in [2.24, 2.45) is 0 Å². The van der Waals surface area contributed by atoms with Gasteiger partial charge in [-0.25, -0.2) is 0 Å². The Hall–Kier alpha value is -0.520. The fraction of sp³-hybridized carbons (Fsp3) is 0.500. The summed E-state index contributed by atoms with van der Waals surface area (Å²) in [7, 11) is -0.924. The molecule has 0 saturated carbocycles. The molecule has 0 fully saturated rings. The first-order chi connectivity index (χ1) is 8.66. The predicted octanol–water partition coefficient (Wildman–Crippen LogP) is 3.65. The SMILES string of the molecule is CPC(C(=O)Nc1c(C)cc(F)cc1C)[PH](C)(C)C. The molecule has 0 spiro atoms. The van der Waals surface area contributed by atoms with Crippen LogP contribution in [-0.2, 0) is 4.79 Å². The van der Waals surface area contributed by atoms with Crippen molar-refractivity contribution in [1.29, 1.82) is 0 Å². The van der Waals surface area contributed by atoms with Gasteiger partial charge in [0, 0.05) is 0 Å². The zero-order valence-corrected chi connectivity index (χ0v) is 14.5. The van der Waals surface area contributed by atoms with Crippen molar-refractivity contribution in [3.8, 4) is 0 Å². The number of anilines is 1. The number of benzene rings is 1. The molecule has 1 N–H and O–H groups in total. The Morgan fingerprint density at radius 3 is 2.11 bits per heavy atom. The van der Waals surface area contributed by atoms with E-state index in [-0.39, 0.29) is 17.1 Å². The fourth-order valence-corrected chi connectivity index (χ4v) is 6.92. The monoisotopic (exact) mass is 303 g/mol. The average molecular weight is 303 g/mol. The summed E-state index contributed by atoms with van der Waals surface area (Å²) in [6.07, 6.45) is 0. The van der Waals surface area contributed by atoms with Crippen molar-refractivity contribution in [1.82, 2.24) is 0 Å². The van der Waals surface area contributed by atoms with Crippen LogP contribution in [0.4, 0.5) is 10.1 Å². The van der Waals surface area contributed by atoms with Gasteiger partial charge >= 0.3 is 117 Å². The van der Waals surface area contributed by atoms with E-state index in [2.05, 4.69) is 32.0 Å². The van der Waals surface area contributed by atoms with Crippen LogP contribution in [0.1, 0.15) is 11.1 Å². The third-order valence-electron chi connectivity index (χ3n) is 3.16. The number of halogens is 1. The normalized spacial score (nSPS) is 14.7. The topological polar surface area (TPSA) is 29.1 Å². The summed E-state index contributed by atoms with van der Waals surface area (Å²) < 4.78 is 13.3. The van der Waals surface area contributed by atoms with Gasteiger partial charge in [0.05, 0.1) is 0 Å². The van der Waals surface area contributed by atoms with Gasteiger partial charge in [-0.1, -0.05) is 0 Å². The van der Waals surface area contributed by atoms with E-state index in [9.17, 15) is 9.18 Å². The number of hydrogen-bond donors (Lipinski definition) is 1. The van der Waals surface area contributed by atoms with Gasteiger partial charge in [-0.3, -0.25) is 0 Å². The molecule has 0 aliphatic rings. The Labute approximate surface area is 117 Å². The van der Waals surface area contributed by atoms with Gasteiger partial charge < -0.3 is 0 Å². The van der Waals surface area contributed by atoms with Crippen LogP contribution in [0.5, 0.6) is 0 Å². The van der Waals surface area contributed by atoms with E-state index < -0.39 is 7.26 Å². The molecular formula is C14H24FNOP2. The van der Waals surface area contributed by atoms with E-state index in [1.54, 1.807) is 0 Å². The van der Waals surface area contributed by atoms with Gasteiger partial charge in [0.15, 0.2) is 0 Å². The summed E-state index contributed by atoms with van der Waals surface area (Å²) in [6, 6.07) is 2.92. The van der Waals surface area contributed by atoms with Gasteiger partial charge in [-0.15, -0.1) is 0 Å². The number of amides is 1. The Kier molecular flexibility index (Phi) is 5.47. The van der Waals surface area contributed by atoms with Crippen LogP contribution in [0, 0.1) is 19.7 Å². The Balaban J connectivity index is 3.00. The van der Waals surface area contributed by atoms with Gasteiger partial charge in [0.1, 0.15) is 0 Å². The number of hydrogen-bond acceptors (Lipinski definition) is 1. The number of nitrogens with one attached hydrogen (secondary N) is 1. The zero-order valence-electron chi connectivity index (χ0n) is 12.5. The van der Waals surface area contributed by atoms with Crippen molar-refractivity contribution < 1.29 is 9.18 Å². The Morgan fingerprint density at radius 2 is 1.74 bits per heavy atom. The molecule has 2 atom stereocenters. The van der Waals surface area contributed by atoms with Crippen LogP contribution in [-0.4, -0.2) is 38.0 Å². The number of carbonyl (C=O) groups excluding carboxylic acids is 1. The molecule has 0 radical (unpaired) electrons. The van der Waals surface area contributed by atoms with Crippen LogP contribution in [0.3, 0.4) is 0 Å². The molecule has 1 amide bonds. The second kappa shape index (κ2) is 6.29. The summed E-state index contributed by atoms with van der Waals surface area (Å²) in [4.78, 5) is 12.4. The third-order valence-corrected chi connectivity index (χ3v) is 9.46. The minimum atomic E-state index is -1.52. The van der Waals surface area contributed by atoms with Gasteiger partial charge in [-0.05, 0) is 0 Å². The summed E-state index contributed by atoms with van der Waals surface area (Å²) in [6.45, 7) is 12.3. The molecule has 0 aliphatic heterocycles. The molecule has 0 bridgehead atoms. The van der Waals surface area contributed by atoms with Crippen LogP contribution in [0.15, 0.2) is 12.1 Å². The number of rotatable bonds is 4.